The highest BCUT2D eigenvalue weighted by Gasteiger charge is 2.18. The van der Waals surface area contributed by atoms with Crippen molar-refractivity contribution in [3.63, 3.8) is 0 Å². The Kier molecular flexibility index (Phi) is 5.15. The maximum absolute atomic E-state index is 12.3. The monoisotopic (exact) mass is 339 g/mol. The molecule has 0 aromatic heterocycles. The van der Waals surface area contributed by atoms with Crippen molar-refractivity contribution in [2.45, 2.75) is 0 Å². The van der Waals surface area contributed by atoms with Gasteiger partial charge in [-0.15, -0.1) is 0 Å². The Hall–Kier alpha value is -3.06. The lowest BCUT2D eigenvalue weighted by Crippen LogP contribution is -2.36. The minimum atomic E-state index is -0.233. The minimum absolute atomic E-state index is 0.102. The molecule has 3 amide bonds. The van der Waals surface area contributed by atoms with Gasteiger partial charge in [-0.3, -0.25) is 4.79 Å². The molecule has 130 valence electrons. The summed E-state index contributed by atoms with van der Waals surface area (Å²) >= 11 is 0. The number of nitrogens with one attached hydrogen (secondary N) is 2. The van der Waals surface area contributed by atoms with E-state index >= 15 is 0 Å². The van der Waals surface area contributed by atoms with E-state index in [0.29, 0.717) is 43.1 Å². The summed E-state index contributed by atoms with van der Waals surface area (Å²) in [6.45, 7) is 2.15. The van der Waals surface area contributed by atoms with E-state index in [2.05, 4.69) is 10.6 Å². The number of carbonyl (C=O) groups is 2. The van der Waals surface area contributed by atoms with Crippen LogP contribution in [-0.4, -0.2) is 43.0 Å². The van der Waals surface area contributed by atoms with Gasteiger partial charge in [0.05, 0.1) is 0 Å². The maximum Gasteiger partial charge on any atom is 0.317 e. The van der Waals surface area contributed by atoms with Crippen molar-refractivity contribution in [3.05, 3.63) is 65.4 Å². The third-order valence-electron chi connectivity index (χ3n) is 3.97. The summed E-state index contributed by atoms with van der Waals surface area (Å²) in [5.41, 5.74) is 1.45. The van der Waals surface area contributed by atoms with Crippen molar-refractivity contribution in [3.8, 4) is 0 Å². The minimum Gasteiger partial charge on any atom is -0.754 e. The Labute approximate surface area is 145 Å². The SMILES string of the molecule is O=C(NCCN1CCNC1=O)c1ccc(N([O-])c2ccccc2)cc1. The Morgan fingerprint density at radius 1 is 1.12 bits per heavy atom. The predicted octanol–water partition coefficient (Wildman–Crippen LogP) is 2.08. The van der Waals surface area contributed by atoms with E-state index < -0.39 is 0 Å². The summed E-state index contributed by atoms with van der Waals surface area (Å²) in [5.74, 6) is -0.233. The highest BCUT2D eigenvalue weighted by atomic mass is 16.5. The van der Waals surface area contributed by atoms with E-state index in [4.69, 9.17) is 0 Å². The van der Waals surface area contributed by atoms with Crippen LogP contribution in [0.1, 0.15) is 10.4 Å². The third kappa shape index (κ3) is 4.07. The predicted molar refractivity (Wildman–Crippen MR) is 95.7 cm³/mol. The summed E-state index contributed by atoms with van der Waals surface area (Å²) in [5, 5.41) is 18.5. The summed E-state index contributed by atoms with van der Waals surface area (Å²) in [6.07, 6.45) is 0. The molecule has 0 unspecified atom stereocenters. The Morgan fingerprint density at radius 3 is 2.44 bits per heavy atom. The molecule has 2 aromatic carbocycles. The van der Waals surface area contributed by atoms with E-state index in [1.54, 1.807) is 53.4 Å². The molecule has 1 aliphatic rings. The van der Waals surface area contributed by atoms with Gasteiger partial charge in [0, 0.05) is 43.1 Å². The van der Waals surface area contributed by atoms with Crippen molar-refractivity contribution in [1.29, 1.82) is 0 Å². The van der Waals surface area contributed by atoms with Crippen molar-refractivity contribution in [1.82, 2.24) is 15.5 Å². The molecule has 1 aliphatic heterocycles. The number of hydrogen-bond donors (Lipinski definition) is 2. The first kappa shape index (κ1) is 16.8. The molecular weight excluding hydrogens is 320 g/mol. The molecule has 0 aliphatic carbocycles. The first-order valence-electron chi connectivity index (χ1n) is 8.08. The van der Waals surface area contributed by atoms with Crippen LogP contribution in [0.25, 0.3) is 0 Å². The lowest BCUT2D eigenvalue weighted by Gasteiger charge is -2.30. The van der Waals surface area contributed by atoms with Crippen LogP contribution in [0.5, 0.6) is 0 Å². The number of rotatable bonds is 6. The number of amides is 3. The molecule has 0 spiro atoms. The fraction of sp³-hybridized carbons (Fsp3) is 0.222. The van der Waals surface area contributed by atoms with Crippen LogP contribution in [0.2, 0.25) is 0 Å². The van der Waals surface area contributed by atoms with Crippen LogP contribution in [-0.2, 0) is 0 Å². The van der Waals surface area contributed by atoms with E-state index in [9.17, 15) is 14.8 Å². The molecule has 0 saturated carbocycles. The van der Waals surface area contributed by atoms with Crippen LogP contribution in [0, 0.1) is 5.21 Å². The van der Waals surface area contributed by atoms with Gasteiger partial charge in [0.15, 0.2) is 0 Å². The normalized spacial score (nSPS) is 13.5. The van der Waals surface area contributed by atoms with Crippen LogP contribution in [0.4, 0.5) is 16.2 Å². The number of para-hydroxylation sites is 1. The number of benzene rings is 2. The van der Waals surface area contributed by atoms with Gasteiger partial charge in [-0.25, -0.2) is 4.79 Å². The van der Waals surface area contributed by atoms with Crippen LogP contribution >= 0.6 is 0 Å². The summed E-state index contributed by atoms with van der Waals surface area (Å²) in [7, 11) is 0. The maximum atomic E-state index is 12.3. The molecule has 7 heteroatoms. The number of nitrogens with zero attached hydrogens (tertiary/aromatic N) is 2. The average molecular weight is 339 g/mol. The Morgan fingerprint density at radius 2 is 1.80 bits per heavy atom. The van der Waals surface area contributed by atoms with Crippen LogP contribution in [0.15, 0.2) is 54.6 Å². The number of anilines is 2. The molecule has 1 heterocycles. The zero-order chi connectivity index (χ0) is 17.6. The first-order chi connectivity index (χ1) is 12.1. The zero-order valence-electron chi connectivity index (χ0n) is 13.6. The molecule has 25 heavy (non-hydrogen) atoms. The molecule has 0 atom stereocenters. The standard InChI is InChI=1S/C18H19N4O3/c23-17(19-10-12-21-13-11-20-18(21)24)14-6-8-16(9-7-14)22(25)15-4-2-1-3-5-15/h1-9H,10-13H2,(H,19,23)(H,20,24)/q-1. The average Bonchev–Trinajstić information content (AvgIpc) is 3.07. The summed E-state index contributed by atoms with van der Waals surface area (Å²) in [6, 6.07) is 15.2. The molecule has 1 fully saturated rings. The van der Waals surface area contributed by atoms with Gasteiger partial charge in [0.1, 0.15) is 0 Å². The van der Waals surface area contributed by atoms with Gasteiger partial charge >= 0.3 is 6.03 Å². The molecule has 2 N–H and O–H groups in total. The molecule has 7 nitrogen and oxygen atoms in total. The van der Waals surface area contributed by atoms with Crippen molar-refractivity contribution < 1.29 is 9.59 Å². The van der Waals surface area contributed by atoms with Gasteiger partial charge in [0.2, 0.25) is 0 Å². The summed E-state index contributed by atoms with van der Waals surface area (Å²) < 4.78 is 0. The van der Waals surface area contributed by atoms with E-state index in [1.165, 1.54) is 0 Å². The van der Waals surface area contributed by atoms with Gasteiger partial charge in [-0.2, -0.15) is 0 Å². The molecule has 3 rings (SSSR count). The first-order valence-corrected chi connectivity index (χ1v) is 8.08. The fourth-order valence-electron chi connectivity index (χ4n) is 2.59. The van der Waals surface area contributed by atoms with Crippen molar-refractivity contribution in [2.75, 3.05) is 31.2 Å². The largest absolute Gasteiger partial charge is 0.754 e. The quantitative estimate of drug-likeness (QED) is 0.789. The molecule has 0 radical (unpaired) electrons. The highest BCUT2D eigenvalue weighted by Crippen LogP contribution is 2.23. The van der Waals surface area contributed by atoms with Crippen molar-refractivity contribution >= 4 is 23.3 Å². The van der Waals surface area contributed by atoms with Gasteiger partial charge in [0.25, 0.3) is 5.91 Å². The molecule has 1 saturated heterocycles. The molecular formula is C18H19N4O3-. The van der Waals surface area contributed by atoms with Gasteiger partial charge in [-0.1, -0.05) is 18.2 Å². The number of hydrogen-bond acceptors (Lipinski definition) is 4. The second-order valence-corrected chi connectivity index (χ2v) is 5.65. The van der Waals surface area contributed by atoms with Gasteiger partial charge < -0.3 is 25.8 Å². The van der Waals surface area contributed by atoms with E-state index in [1.807, 2.05) is 6.07 Å². The zero-order valence-corrected chi connectivity index (χ0v) is 13.6. The summed E-state index contributed by atoms with van der Waals surface area (Å²) in [4.78, 5) is 25.2. The Balaban J connectivity index is 1.54. The third-order valence-corrected chi connectivity index (χ3v) is 3.97. The lowest BCUT2D eigenvalue weighted by atomic mass is 10.2. The number of carbonyl (C=O) groups excluding carboxylic acids is 2. The second kappa shape index (κ2) is 7.67. The van der Waals surface area contributed by atoms with Crippen LogP contribution in [0.3, 0.4) is 0 Å². The lowest BCUT2D eigenvalue weighted by molar-refractivity contribution is 0.0950. The molecule has 2 aromatic rings. The smallest absolute Gasteiger partial charge is 0.317 e. The Bertz CT molecular complexity index is 734. The topological polar surface area (TPSA) is 87.7 Å². The van der Waals surface area contributed by atoms with Crippen LogP contribution < -0.4 is 15.7 Å². The fourth-order valence-corrected chi connectivity index (χ4v) is 2.59. The number of urea groups is 1. The second-order valence-electron chi connectivity index (χ2n) is 5.65. The van der Waals surface area contributed by atoms with E-state index in [-0.39, 0.29) is 11.9 Å². The van der Waals surface area contributed by atoms with Crippen molar-refractivity contribution in [2.24, 2.45) is 0 Å². The van der Waals surface area contributed by atoms with Gasteiger partial charge in [-0.05, 0) is 36.4 Å². The van der Waals surface area contributed by atoms with E-state index in [0.717, 1.165) is 5.06 Å². The highest BCUT2D eigenvalue weighted by molar-refractivity contribution is 5.94. The molecule has 0 bridgehead atoms.